The highest BCUT2D eigenvalue weighted by Crippen LogP contribution is 2.26. The third kappa shape index (κ3) is 7.18. The van der Waals surface area contributed by atoms with Crippen molar-refractivity contribution in [1.29, 1.82) is 0 Å². The van der Waals surface area contributed by atoms with Crippen LogP contribution in [0.2, 0.25) is 0 Å². The molecular weight excluding hydrogens is 286 g/mol. The number of nitrogens with zero attached hydrogens (tertiary/aromatic N) is 2. The molecule has 0 atom stereocenters. The average Bonchev–Trinajstić information content (AvgIpc) is 2.94. The molecule has 2 N–H and O–H groups in total. The second kappa shape index (κ2) is 10.9. The molecule has 0 amide bonds. The number of ether oxygens (including phenoxy) is 1. The SMILES string of the molecule is Cl.NCCCCCOc1cnn(CCC2CCCCC2)c1. The normalized spacial score (nSPS) is 15.7. The molecule has 0 bridgehead atoms. The van der Waals surface area contributed by atoms with E-state index in [1.807, 2.05) is 17.1 Å². The largest absolute Gasteiger partial charge is 0.490 e. The van der Waals surface area contributed by atoms with Crippen LogP contribution in [-0.2, 0) is 6.54 Å². The highest BCUT2D eigenvalue weighted by molar-refractivity contribution is 5.85. The lowest BCUT2D eigenvalue weighted by molar-refractivity contribution is 0.303. The van der Waals surface area contributed by atoms with Gasteiger partial charge in [0, 0.05) is 6.54 Å². The molecule has 122 valence electrons. The Kier molecular flexibility index (Phi) is 9.51. The first-order valence-corrected chi connectivity index (χ1v) is 8.24. The molecule has 4 nitrogen and oxygen atoms in total. The van der Waals surface area contributed by atoms with Crippen molar-refractivity contribution < 1.29 is 4.74 Å². The molecule has 1 aliphatic rings. The van der Waals surface area contributed by atoms with Crippen molar-refractivity contribution in [1.82, 2.24) is 9.78 Å². The van der Waals surface area contributed by atoms with Gasteiger partial charge in [0.25, 0.3) is 0 Å². The monoisotopic (exact) mass is 315 g/mol. The molecule has 0 aliphatic heterocycles. The maximum absolute atomic E-state index is 5.70. The third-order valence-corrected chi connectivity index (χ3v) is 4.22. The summed E-state index contributed by atoms with van der Waals surface area (Å²) in [6.45, 7) is 2.58. The Bertz CT molecular complexity index is 364. The van der Waals surface area contributed by atoms with Gasteiger partial charge in [0.05, 0.1) is 19.0 Å². The van der Waals surface area contributed by atoms with E-state index in [0.717, 1.165) is 50.6 Å². The van der Waals surface area contributed by atoms with Gasteiger partial charge in [-0.3, -0.25) is 4.68 Å². The lowest BCUT2D eigenvalue weighted by atomic mass is 9.87. The van der Waals surface area contributed by atoms with Crippen LogP contribution >= 0.6 is 12.4 Å². The highest BCUT2D eigenvalue weighted by atomic mass is 35.5. The summed E-state index contributed by atoms with van der Waals surface area (Å²) in [6, 6.07) is 0. The van der Waals surface area contributed by atoms with E-state index in [0.29, 0.717) is 0 Å². The van der Waals surface area contributed by atoms with Gasteiger partial charge in [-0.2, -0.15) is 5.10 Å². The molecule has 1 saturated carbocycles. The van der Waals surface area contributed by atoms with Crippen molar-refractivity contribution in [2.24, 2.45) is 11.7 Å². The summed E-state index contributed by atoms with van der Waals surface area (Å²) < 4.78 is 7.73. The van der Waals surface area contributed by atoms with Gasteiger partial charge in [-0.15, -0.1) is 12.4 Å². The van der Waals surface area contributed by atoms with Crippen LogP contribution < -0.4 is 10.5 Å². The van der Waals surface area contributed by atoms with E-state index in [1.54, 1.807) is 0 Å². The molecule has 0 radical (unpaired) electrons. The molecule has 1 fully saturated rings. The van der Waals surface area contributed by atoms with Crippen LogP contribution in [0.25, 0.3) is 0 Å². The summed E-state index contributed by atoms with van der Waals surface area (Å²) >= 11 is 0. The van der Waals surface area contributed by atoms with Crippen molar-refractivity contribution in [3.8, 4) is 5.75 Å². The summed E-state index contributed by atoms with van der Waals surface area (Å²) in [5.74, 6) is 1.81. The number of halogens is 1. The number of unbranched alkanes of at least 4 members (excludes halogenated alkanes) is 2. The Labute approximate surface area is 134 Å². The van der Waals surface area contributed by atoms with E-state index in [4.69, 9.17) is 10.5 Å². The standard InChI is InChI=1S/C16H29N3O.ClH/c17-10-5-2-6-12-20-16-13-18-19(14-16)11-9-15-7-3-1-4-8-15;/h13-15H,1-12,17H2;1H. The number of hydrogen-bond donors (Lipinski definition) is 1. The first-order valence-electron chi connectivity index (χ1n) is 8.24. The van der Waals surface area contributed by atoms with Gasteiger partial charge < -0.3 is 10.5 Å². The van der Waals surface area contributed by atoms with E-state index >= 15 is 0 Å². The minimum absolute atomic E-state index is 0. The number of rotatable bonds is 9. The van der Waals surface area contributed by atoms with Gasteiger partial charge in [-0.05, 0) is 38.1 Å². The van der Waals surface area contributed by atoms with Gasteiger partial charge in [0.1, 0.15) is 0 Å². The maximum atomic E-state index is 5.70. The smallest absolute Gasteiger partial charge is 0.157 e. The predicted molar refractivity (Wildman–Crippen MR) is 89.1 cm³/mol. The minimum Gasteiger partial charge on any atom is -0.490 e. The number of hydrogen-bond acceptors (Lipinski definition) is 3. The molecule has 1 heterocycles. The maximum Gasteiger partial charge on any atom is 0.157 e. The highest BCUT2D eigenvalue weighted by Gasteiger charge is 2.13. The van der Waals surface area contributed by atoms with Crippen LogP contribution in [0.1, 0.15) is 57.8 Å². The quantitative estimate of drug-likeness (QED) is 0.705. The van der Waals surface area contributed by atoms with Crippen molar-refractivity contribution in [2.75, 3.05) is 13.2 Å². The van der Waals surface area contributed by atoms with Crippen molar-refractivity contribution >= 4 is 12.4 Å². The van der Waals surface area contributed by atoms with E-state index in [2.05, 4.69) is 5.10 Å². The van der Waals surface area contributed by atoms with Gasteiger partial charge >= 0.3 is 0 Å². The first kappa shape index (κ1) is 18.3. The van der Waals surface area contributed by atoms with E-state index in [-0.39, 0.29) is 12.4 Å². The Morgan fingerprint density at radius 1 is 1.19 bits per heavy atom. The van der Waals surface area contributed by atoms with Crippen LogP contribution in [0.3, 0.4) is 0 Å². The molecular formula is C16H30ClN3O. The van der Waals surface area contributed by atoms with Crippen LogP contribution in [0.5, 0.6) is 5.75 Å². The van der Waals surface area contributed by atoms with E-state index in [1.165, 1.54) is 38.5 Å². The zero-order chi connectivity index (χ0) is 14.0. The molecule has 0 unspecified atom stereocenters. The Morgan fingerprint density at radius 3 is 2.76 bits per heavy atom. The summed E-state index contributed by atoms with van der Waals surface area (Å²) in [6.07, 6.45) is 15.5. The fourth-order valence-corrected chi connectivity index (χ4v) is 2.95. The average molecular weight is 316 g/mol. The van der Waals surface area contributed by atoms with Gasteiger partial charge in [0.15, 0.2) is 5.75 Å². The molecule has 1 aliphatic carbocycles. The second-order valence-corrected chi connectivity index (χ2v) is 5.93. The fourth-order valence-electron chi connectivity index (χ4n) is 2.95. The van der Waals surface area contributed by atoms with Crippen LogP contribution in [0.4, 0.5) is 0 Å². The lowest BCUT2D eigenvalue weighted by Crippen LogP contribution is -2.10. The summed E-state index contributed by atoms with van der Waals surface area (Å²) in [5.41, 5.74) is 5.47. The number of nitrogens with two attached hydrogens (primary N) is 1. The van der Waals surface area contributed by atoms with Gasteiger partial charge in [-0.25, -0.2) is 0 Å². The minimum atomic E-state index is 0. The third-order valence-electron chi connectivity index (χ3n) is 4.22. The summed E-state index contributed by atoms with van der Waals surface area (Å²) in [7, 11) is 0. The molecule has 5 heteroatoms. The molecule has 0 aromatic carbocycles. The fraction of sp³-hybridized carbons (Fsp3) is 0.812. The second-order valence-electron chi connectivity index (χ2n) is 5.93. The number of aromatic nitrogens is 2. The Balaban J connectivity index is 0.00000220. The van der Waals surface area contributed by atoms with Crippen LogP contribution in [0.15, 0.2) is 12.4 Å². The molecule has 0 spiro atoms. The number of aryl methyl sites for hydroxylation is 1. The molecule has 2 rings (SSSR count). The van der Waals surface area contributed by atoms with Gasteiger partial charge in [0.2, 0.25) is 0 Å². The summed E-state index contributed by atoms with van der Waals surface area (Å²) in [5, 5.41) is 4.39. The van der Waals surface area contributed by atoms with E-state index < -0.39 is 0 Å². The molecule has 1 aromatic rings. The van der Waals surface area contributed by atoms with Crippen molar-refractivity contribution in [3.05, 3.63) is 12.4 Å². The topological polar surface area (TPSA) is 53.1 Å². The van der Waals surface area contributed by atoms with Crippen LogP contribution in [0, 0.1) is 5.92 Å². The Hall–Kier alpha value is -0.740. The van der Waals surface area contributed by atoms with Crippen molar-refractivity contribution in [3.63, 3.8) is 0 Å². The first-order chi connectivity index (χ1) is 9.88. The predicted octanol–water partition coefficient (Wildman–Crippen LogP) is 3.78. The lowest BCUT2D eigenvalue weighted by Gasteiger charge is -2.21. The zero-order valence-electron chi connectivity index (χ0n) is 13.0. The van der Waals surface area contributed by atoms with Crippen LogP contribution in [-0.4, -0.2) is 22.9 Å². The zero-order valence-corrected chi connectivity index (χ0v) is 13.8. The van der Waals surface area contributed by atoms with Crippen molar-refractivity contribution in [2.45, 2.75) is 64.3 Å². The molecule has 0 saturated heterocycles. The molecule has 1 aromatic heterocycles. The summed E-state index contributed by atoms with van der Waals surface area (Å²) in [4.78, 5) is 0. The van der Waals surface area contributed by atoms with E-state index in [9.17, 15) is 0 Å². The van der Waals surface area contributed by atoms with Gasteiger partial charge in [-0.1, -0.05) is 32.1 Å². The molecule has 21 heavy (non-hydrogen) atoms. The Morgan fingerprint density at radius 2 is 2.00 bits per heavy atom.